The maximum absolute atomic E-state index is 10.9. The Morgan fingerprint density at radius 2 is 1.82 bits per heavy atom. The lowest BCUT2D eigenvalue weighted by Crippen LogP contribution is -2.01. The Bertz CT molecular complexity index is 120. The predicted octanol–water partition coefficient (Wildman–Crippen LogP) is 0.919. The summed E-state index contributed by atoms with van der Waals surface area (Å²) in [5.41, 5.74) is 0. The lowest BCUT2D eigenvalue weighted by molar-refractivity contribution is 0.0402. The van der Waals surface area contributed by atoms with Crippen molar-refractivity contribution in [3.63, 3.8) is 0 Å². The first-order valence-corrected chi connectivity index (χ1v) is 2.23. The fourth-order valence-electron chi connectivity index (χ4n) is 0.103. The zero-order valence-corrected chi connectivity index (χ0v) is 5.61. The highest BCUT2D eigenvalue weighted by Crippen LogP contribution is 1.79. The van der Waals surface area contributed by atoms with Crippen LogP contribution in [0.15, 0.2) is 0 Å². The topological polar surface area (TPSA) is 93.1 Å². The van der Waals surface area contributed by atoms with Gasteiger partial charge in [0.2, 0.25) is 6.86 Å². The SMILES string of the molecule is COC(=O)OCF.O=C(O)O. The van der Waals surface area contributed by atoms with Crippen LogP contribution in [0, 0.1) is 0 Å². The number of rotatable bonds is 1. The van der Waals surface area contributed by atoms with Crippen molar-refractivity contribution in [2.24, 2.45) is 0 Å². The van der Waals surface area contributed by atoms with Gasteiger partial charge in [-0.25, -0.2) is 14.0 Å². The first-order valence-electron chi connectivity index (χ1n) is 2.23. The van der Waals surface area contributed by atoms with Gasteiger partial charge in [0.05, 0.1) is 7.11 Å². The van der Waals surface area contributed by atoms with Gasteiger partial charge in [-0.15, -0.1) is 0 Å². The minimum atomic E-state index is -1.83. The van der Waals surface area contributed by atoms with Gasteiger partial charge in [-0.2, -0.15) is 0 Å². The Kier molecular flexibility index (Phi) is 9.37. The molecule has 0 spiro atoms. The van der Waals surface area contributed by atoms with E-state index in [0.717, 1.165) is 7.11 Å². The van der Waals surface area contributed by atoms with E-state index in [1.165, 1.54) is 0 Å². The Balaban J connectivity index is 0. The van der Waals surface area contributed by atoms with Crippen molar-refractivity contribution in [1.29, 1.82) is 0 Å². The molecule has 0 aliphatic rings. The largest absolute Gasteiger partial charge is 0.510 e. The molecule has 0 rings (SSSR count). The average molecular weight is 170 g/mol. The van der Waals surface area contributed by atoms with Crippen LogP contribution >= 0.6 is 0 Å². The normalized spacial score (nSPS) is 7.09. The fraction of sp³-hybridized carbons (Fsp3) is 0.500. The molecule has 0 amide bonds. The summed E-state index contributed by atoms with van der Waals surface area (Å²) in [7, 11) is 1.11. The summed E-state index contributed by atoms with van der Waals surface area (Å²) in [5, 5.41) is 13.9. The lowest BCUT2D eigenvalue weighted by atomic mass is 11.3. The van der Waals surface area contributed by atoms with E-state index in [-0.39, 0.29) is 0 Å². The molecule has 0 aliphatic heterocycles. The summed E-state index contributed by atoms with van der Waals surface area (Å²) >= 11 is 0. The molecule has 0 saturated carbocycles. The lowest BCUT2D eigenvalue weighted by Gasteiger charge is -1.92. The monoisotopic (exact) mass is 170 g/mol. The number of carbonyl (C=O) groups excluding carboxylic acids is 1. The average Bonchev–Trinajstić information content (AvgIpc) is 1.87. The van der Waals surface area contributed by atoms with E-state index in [1.54, 1.807) is 0 Å². The van der Waals surface area contributed by atoms with Gasteiger partial charge in [0, 0.05) is 0 Å². The summed E-state index contributed by atoms with van der Waals surface area (Å²) in [5.74, 6) is 0. The van der Waals surface area contributed by atoms with Crippen LogP contribution in [0.4, 0.5) is 14.0 Å². The van der Waals surface area contributed by atoms with Crippen molar-refractivity contribution in [2.75, 3.05) is 14.0 Å². The minimum absolute atomic E-state index is 0.998. The van der Waals surface area contributed by atoms with Gasteiger partial charge < -0.3 is 19.7 Å². The molecule has 0 bridgehead atoms. The van der Waals surface area contributed by atoms with Crippen LogP contribution in [-0.2, 0) is 9.47 Å². The van der Waals surface area contributed by atoms with Crippen LogP contribution < -0.4 is 0 Å². The third-order valence-electron chi connectivity index (χ3n) is 0.339. The van der Waals surface area contributed by atoms with Gasteiger partial charge in [0.25, 0.3) is 0 Å². The smallest absolute Gasteiger partial charge is 0.450 e. The molecule has 0 aromatic rings. The van der Waals surface area contributed by atoms with E-state index in [4.69, 9.17) is 15.0 Å². The third-order valence-corrected chi connectivity index (χ3v) is 0.339. The van der Waals surface area contributed by atoms with Crippen LogP contribution in [0.2, 0.25) is 0 Å². The molecular formula is C4H7FO6. The van der Waals surface area contributed by atoms with Crippen LogP contribution in [0.5, 0.6) is 0 Å². The molecule has 0 radical (unpaired) electrons. The summed E-state index contributed by atoms with van der Waals surface area (Å²) in [6.07, 6.45) is -2.83. The van der Waals surface area contributed by atoms with Gasteiger partial charge in [-0.1, -0.05) is 0 Å². The number of carbonyl (C=O) groups is 2. The maximum atomic E-state index is 10.9. The van der Waals surface area contributed by atoms with Gasteiger partial charge in [-0.3, -0.25) is 0 Å². The molecule has 0 saturated heterocycles. The second kappa shape index (κ2) is 8.47. The molecule has 2 N–H and O–H groups in total. The van der Waals surface area contributed by atoms with Crippen LogP contribution in [0.3, 0.4) is 0 Å². The Hall–Kier alpha value is -1.53. The highest BCUT2D eigenvalue weighted by atomic mass is 19.1. The predicted molar refractivity (Wildman–Crippen MR) is 30.1 cm³/mol. The molecule has 0 atom stereocenters. The van der Waals surface area contributed by atoms with Crippen molar-refractivity contribution in [2.45, 2.75) is 0 Å². The van der Waals surface area contributed by atoms with Crippen molar-refractivity contribution in [3.8, 4) is 0 Å². The van der Waals surface area contributed by atoms with Gasteiger partial charge >= 0.3 is 12.3 Å². The molecule has 7 heteroatoms. The van der Waals surface area contributed by atoms with E-state index >= 15 is 0 Å². The van der Waals surface area contributed by atoms with Crippen molar-refractivity contribution < 1.29 is 33.7 Å². The number of alkyl halides is 1. The van der Waals surface area contributed by atoms with Gasteiger partial charge in [-0.05, 0) is 0 Å². The number of halogens is 1. The number of hydrogen-bond donors (Lipinski definition) is 2. The summed E-state index contributed by atoms with van der Waals surface area (Å²) in [4.78, 5) is 18.3. The first-order chi connectivity index (χ1) is 5.04. The zero-order valence-electron chi connectivity index (χ0n) is 5.61. The van der Waals surface area contributed by atoms with Crippen LogP contribution in [0.25, 0.3) is 0 Å². The van der Waals surface area contributed by atoms with Gasteiger partial charge in [0.1, 0.15) is 0 Å². The molecule has 11 heavy (non-hydrogen) atoms. The molecular weight excluding hydrogens is 163 g/mol. The highest BCUT2D eigenvalue weighted by molar-refractivity contribution is 5.59. The van der Waals surface area contributed by atoms with E-state index < -0.39 is 19.2 Å². The van der Waals surface area contributed by atoms with Crippen molar-refractivity contribution in [3.05, 3.63) is 0 Å². The van der Waals surface area contributed by atoms with E-state index in [0.29, 0.717) is 0 Å². The standard InChI is InChI=1S/C3H5FO3.CH2O3/c1-6-3(5)7-2-4;2-1(3)4/h2H2,1H3;(H2,2,3,4). The molecule has 6 nitrogen and oxygen atoms in total. The van der Waals surface area contributed by atoms with Gasteiger partial charge in [0.15, 0.2) is 0 Å². The second-order valence-electron chi connectivity index (χ2n) is 0.990. The Morgan fingerprint density at radius 1 is 1.45 bits per heavy atom. The molecule has 0 unspecified atom stereocenters. The minimum Gasteiger partial charge on any atom is -0.450 e. The van der Waals surface area contributed by atoms with Crippen molar-refractivity contribution in [1.82, 2.24) is 0 Å². The van der Waals surface area contributed by atoms with Crippen molar-refractivity contribution >= 4 is 12.3 Å². The quantitative estimate of drug-likeness (QED) is 0.568. The summed E-state index contributed by atoms with van der Waals surface area (Å²) in [6.45, 7) is -1.13. The first kappa shape index (κ1) is 12.2. The maximum Gasteiger partial charge on any atom is 0.510 e. The summed E-state index contributed by atoms with van der Waals surface area (Å²) < 4.78 is 18.5. The second-order valence-corrected chi connectivity index (χ2v) is 0.990. The Morgan fingerprint density at radius 3 is 1.91 bits per heavy atom. The molecule has 0 fully saturated rings. The highest BCUT2D eigenvalue weighted by Gasteiger charge is 1.94. The fourth-order valence-corrected chi connectivity index (χ4v) is 0.103. The number of methoxy groups -OCH3 is 1. The number of hydrogen-bond acceptors (Lipinski definition) is 4. The molecule has 0 aliphatic carbocycles. The summed E-state index contributed by atoms with van der Waals surface area (Å²) in [6, 6.07) is 0. The Labute approximate surface area is 61.1 Å². The molecule has 0 heterocycles. The molecule has 0 aromatic heterocycles. The van der Waals surface area contributed by atoms with E-state index in [2.05, 4.69) is 9.47 Å². The zero-order chi connectivity index (χ0) is 9.28. The third kappa shape index (κ3) is 29.4. The molecule has 0 aromatic carbocycles. The number of carboxylic acid groups (broad SMARTS) is 2. The van der Waals surface area contributed by atoms with E-state index in [1.807, 2.05) is 0 Å². The van der Waals surface area contributed by atoms with E-state index in [9.17, 15) is 9.18 Å². The number of ether oxygens (including phenoxy) is 2. The molecule has 66 valence electrons. The van der Waals surface area contributed by atoms with Crippen LogP contribution in [0.1, 0.15) is 0 Å². The van der Waals surface area contributed by atoms with Crippen LogP contribution in [-0.4, -0.2) is 36.5 Å².